The Morgan fingerprint density at radius 3 is 2.52 bits per heavy atom. The van der Waals surface area contributed by atoms with Crippen molar-refractivity contribution in [2.24, 2.45) is 0 Å². The third-order valence-electron chi connectivity index (χ3n) is 3.82. The third-order valence-corrected chi connectivity index (χ3v) is 3.82. The summed E-state index contributed by atoms with van der Waals surface area (Å²) in [6.07, 6.45) is 6.28. The first kappa shape index (κ1) is 15.8. The van der Waals surface area contributed by atoms with E-state index in [0.29, 0.717) is 19.2 Å². The van der Waals surface area contributed by atoms with Crippen LogP contribution in [0.5, 0.6) is 5.75 Å². The molecule has 114 valence electrons. The Morgan fingerprint density at radius 1 is 1.24 bits per heavy atom. The number of hydrogen-bond donors (Lipinski definition) is 1. The number of hydrogen-bond acceptors (Lipinski definition) is 3. The van der Waals surface area contributed by atoms with Crippen molar-refractivity contribution in [3.63, 3.8) is 0 Å². The molecule has 1 aliphatic carbocycles. The zero-order valence-corrected chi connectivity index (χ0v) is 12.9. The quantitative estimate of drug-likeness (QED) is 0.613. The molecule has 2 rings (SSSR count). The zero-order valence-electron chi connectivity index (χ0n) is 12.9. The van der Waals surface area contributed by atoms with E-state index >= 15 is 0 Å². The molecule has 1 N–H and O–H groups in total. The summed E-state index contributed by atoms with van der Waals surface area (Å²) in [7, 11) is 0. The van der Waals surface area contributed by atoms with Crippen LogP contribution < -0.4 is 10.1 Å². The zero-order chi connectivity index (χ0) is 15.1. The first-order valence-corrected chi connectivity index (χ1v) is 7.79. The SMILES string of the molecule is C=C(C)COc1ccc(C(=O)CNC2CCCCC2)cc1. The van der Waals surface area contributed by atoms with Crippen LogP contribution in [-0.4, -0.2) is 25.0 Å². The highest BCUT2D eigenvalue weighted by molar-refractivity contribution is 5.97. The lowest BCUT2D eigenvalue weighted by Gasteiger charge is -2.22. The molecule has 0 aliphatic heterocycles. The first-order chi connectivity index (χ1) is 10.1. The summed E-state index contributed by atoms with van der Waals surface area (Å²) in [4.78, 5) is 12.1. The maximum atomic E-state index is 12.1. The molecular weight excluding hydrogens is 262 g/mol. The van der Waals surface area contributed by atoms with Gasteiger partial charge < -0.3 is 10.1 Å². The minimum Gasteiger partial charge on any atom is -0.489 e. The number of carbonyl (C=O) groups excluding carboxylic acids is 1. The lowest BCUT2D eigenvalue weighted by Crippen LogP contribution is -2.35. The van der Waals surface area contributed by atoms with Gasteiger partial charge in [-0.25, -0.2) is 0 Å². The second kappa shape index (κ2) is 7.99. The Bertz CT molecular complexity index is 472. The molecule has 1 aliphatic rings. The van der Waals surface area contributed by atoms with Gasteiger partial charge in [-0.2, -0.15) is 0 Å². The summed E-state index contributed by atoms with van der Waals surface area (Å²) in [6.45, 7) is 6.66. The maximum Gasteiger partial charge on any atom is 0.176 e. The Hall–Kier alpha value is -1.61. The summed E-state index contributed by atoms with van der Waals surface area (Å²) in [5.74, 6) is 0.918. The van der Waals surface area contributed by atoms with Crippen LogP contribution >= 0.6 is 0 Å². The normalized spacial score (nSPS) is 15.7. The monoisotopic (exact) mass is 287 g/mol. The van der Waals surface area contributed by atoms with Crippen molar-refractivity contribution in [2.75, 3.05) is 13.2 Å². The highest BCUT2D eigenvalue weighted by Crippen LogP contribution is 2.17. The third kappa shape index (κ3) is 5.35. The fourth-order valence-corrected chi connectivity index (χ4v) is 2.59. The lowest BCUT2D eigenvalue weighted by atomic mass is 9.95. The van der Waals surface area contributed by atoms with E-state index in [1.54, 1.807) is 0 Å². The van der Waals surface area contributed by atoms with Crippen molar-refractivity contribution in [3.8, 4) is 5.75 Å². The van der Waals surface area contributed by atoms with Crippen molar-refractivity contribution in [1.82, 2.24) is 5.32 Å². The molecule has 1 aromatic carbocycles. The van der Waals surface area contributed by atoms with Crippen LogP contribution in [0.25, 0.3) is 0 Å². The van der Waals surface area contributed by atoms with E-state index in [2.05, 4.69) is 11.9 Å². The van der Waals surface area contributed by atoms with Crippen LogP contribution in [0.15, 0.2) is 36.4 Å². The molecule has 0 unspecified atom stereocenters. The minimum absolute atomic E-state index is 0.145. The van der Waals surface area contributed by atoms with E-state index < -0.39 is 0 Å². The Balaban J connectivity index is 1.80. The highest BCUT2D eigenvalue weighted by atomic mass is 16.5. The second-order valence-corrected chi connectivity index (χ2v) is 5.91. The Kier molecular flexibility index (Phi) is 6.00. The average Bonchev–Trinajstić information content (AvgIpc) is 2.52. The number of ether oxygens (including phenoxy) is 1. The minimum atomic E-state index is 0.145. The number of nitrogens with one attached hydrogen (secondary N) is 1. The van der Waals surface area contributed by atoms with E-state index in [9.17, 15) is 4.79 Å². The van der Waals surface area contributed by atoms with Crippen molar-refractivity contribution in [2.45, 2.75) is 45.1 Å². The van der Waals surface area contributed by atoms with Crippen LogP contribution in [0.1, 0.15) is 49.4 Å². The summed E-state index contributed by atoms with van der Waals surface area (Å²) in [6, 6.07) is 7.87. The molecular formula is C18H25NO2. The van der Waals surface area contributed by atoms with Gasteiger partial charge in [0.25, 0.3) is 0 Å². The molecule has 0 spiro atoms. The molecule has 0 bridgehead atoms. The predicted molar refractivity (Wildman–Crippen MR) is 86.0 cm³/mol. The van der Waals surface area contributed by atoms with Gasteiger partial charge in [0.2, 0.25) is 0 Å². The Morgan fingerprint density at radius 2 is 1.90 bits per heavy atom. The predicted octanol–water partition coefficient (Wildman–Crippen LogP) is 3.75. The lowest BCUT2D eigenvalue weighted by molar-refractivity contribution is 0.0984. The fourth-order valence-electron chi connectivity index (χ4n) is 2.59. The van der Waals surface area contributed by atoms with Gasteiger partial charge >= 0.3 is 0 Å². The van der Waals surface area contributed by atoms with Crippen LogP contribution in [0.4, 0.5) is 0 Å². The largest absolute Gasteiger partial charge is 0.489 e. The number of ketones is 1. The molecule has 0 saturated heterocycles. The van der Waals surface area contributed by atoms with Gasteiger partial charge in [0.1, 0.15) is 12.4 Å². The van der Waals surface area contributed by atoms with Gasteiger partial charge in [-0.3, -0.25) is 4.79 Å². The number of rotatable bonds is 7. The van der Waals surface area contributed by atoms with Crippen LogP contribution in [0, 0.1) is 0 Å². The van der Waals surface area contributed by atoms with Gasteiger partial charge in [-0.1, -0.05) is 25.8 Å². The molecule has 21 heavy (non-hydrogen) atoms. The van der Waals surface area contributed by atoms with Gasteiger partial charge in [0, 0.05) is 11.6 Å². The number of benzene rings is 1. The molecule has 1 fully saturated rings. The van der Waals surface area contributed by atoms with Crippen molar-refractivity contribution >= 4 is 5.78 Å². The van der Waals surface area contributed by atoms with E-state index in [-0.39, 0.29) is 5.78 Å². The van der Waals surface area contributed by atoms with Gasteiger partial charge in [0.05, 0.1) is 6.54 Å². The maximum absolute atomic E-state index is 12.1. The van der Waals surface area contributed by atoms with Crippen molar-refractivity contribution in [3.05, 3.63) is 42.0 Å². The fraction of sp³-hybridized carbons (Fsp3) is 0.500. The summed E-state index contributed by atoms with van der Waals surface area (Å²) in [5, 5.41) is 3.38. The van der Waals surface area contributed by atoms with Gasteiger partial charge in [0.15, 0.2) is 5.78 Å². The van der Waals surface area contributed by atoms with Crippen molar-refractivity contribution in [1.29, 1.82) is 0 Å². The average molecular weight is 287 g/mol. The van der Waals surface area contributed by atoms with E-state index in [4.69, 9.17) is 4.74 Å². The Labute approximate surface area is 127 Å². The summed E-state index contributed by atoms with van der Waals surface area (Å²) >= 11 is 0. The molecule has 1 aromatic rings. The molecule has 3 nitrogen and oxygen atoms in total. The van der Waals surface area contributed by atoms with Gasteiger partial charge in [-0.05, 0) is 49.6 Å². The smallest absolute Gasteiger partial charge is 0.176 e. The van der Waals surface area contributed by atoms with Crippen molar-refractivity contribution < 1.29 is 9.53 Å². The highest BCUT2D eigenvalue weighted by Gasteiger charge is 2.14. The molecule has 0 heterocycles. The summed E-state index contributed by atoms with van der Waals surface area (Å²) < 4.78 is 5.53. The van der Waals surface area contributed by atoms with E-state index in [1.165, 1.54) is 32.1 Å². The van der Waals surface area contributed by atoms with E-state index in [0.717, 1.165) is 16.9 Å². The standard InChI is InChI=1S/C18H25NO2/c1-14(2)13-21-17-10-8-15(9-11-17)18(20)12-19-16-6-4-3-5-7-16/h8-11,16,19H,1,3-7,12-13H2,2H3. The van der Waals surface area contributed by atoms with Crippen LogP contribution in [-0.2, 0) is 0 Å². The van der Waals surface area contributed by atoms with Crippen LogP contribution in [0.2, 0.25) is 0 Å². The van der Waals surface area contributed by atoms with Gasteiger partial charge in [-0.15, -0.1) is 0 Å². The summed E-state index contributed by atoms with van der Waals surface area (Å²) in [5.41, 5.74) is 1.72. The molecule has 1 saturated carbocycles. The van der Waals surface area contributed by atoms with E-state index in [1.807, 2.05) is 31.2 Å². The number of Topliss-reactive ketones (excluding diaryl/α,β-unsaturated/α-hetero) is 1. The second-order valence-electron chi connectivity index (χ2n) is 5.91. The molecule has 0 radical (unpaired) electrons. The van der Waals surface area contributed by atoms with Crippen LogP contribution in [0.3, 0.4) is 0 Å². The molecule has 0 atom stereocenters. The topological polar surface area (TPSA) is 38.3 Å². The number of carbonyl (C=O) groups is 1. The first-order valence-electron chi connectivity index (χ1n) is 7.79. The molecule has 3 heteroatoms. The molecule has 0 amide bonds. The molecule has 0 aromatic heterocycles.